The Labute approximate surface area is 150 Å². The molecule has 0 fully saturated rings. The van der Waals surface area contributed by atoms with Crippen molar-refractivity contribution in [2.75, 3.05) is 13.2 Å². The second-order valence-electron chi connectivity index (χ2n) is 6.99. The summed E-state index contributed by atoms with van der Waals surface area (Å²) in [7, 11) is 0. The van der Waals surface area contributed by atoms with Gasteiger partial charge in [0.25, 0.3) is 0 Å². The van der Waals surface area contributed by atoms with Gasteiger partial charge in [-0.25, -0.2) is 0 Å². The SMILES string of the molecule is C[C@@H](O)COc1ccc(C(C)(C)c2ccc(OC[C@@H](C)O)cc2)cc1. The standard InChI is InChI=1S/C21H28O4/c1-15(22)13-24-19-9-5-17(6-10-19)21(3,4)18-7-11-20(12-8-18)25-14-16(2)23/h5-12,15-16,22-23H,13-14H2,1-4H3/t15-,16-/m1/s1. The average Bonchev–Trinajstić information content (AvgIpc) is 2.59. The molecule has 2 rings (SSSR count). The van der Waals surface area contributed by atoms with Gasteiger partial charge in [0.15, 0.2) is 0 Å². The van der Waals surface area contributed by atoms with E-state index in [1.54, 1.807) is 13.8 Å². The molecule has 0 saturated heterocycles. The van der Waals surface area contributed by atoms with E-state index in [1.165, 1.54) is 11.1 Å². The lowest BCUT2D eigenvalue weighted by atomic mass is 9.78. The van der Waals surface area contributed by atoms with Crippen molar-refractivity contribution in [3.63, 3.8) is 0 Å². The number of hydrogen-bond donors (Lipinski definition) is 2. The van der Waals surface area contributed by atoms with Crippen LogP contribution in [-0.2, 0) is 5.41 Å². The lowest BCUT2D eigenvalue weighted by molar-refractivity contribution is 0.122. The van der Waals surface area contributed by atoms with Crippen molar-refractivity contribution in [3.05, 3.63) is 59.7 Å². The fraction of sp³-hybridized carbons (Fsp3) is 0.429. The van der Waals surface area contributed by atoms with E-state index < -0.39 is 12.2 Å². The molecule has 0 aliphatic carbocycles. The Bertz CT molecular complexity index is 585. The Morgan fingerprint density at radius 1 is 0.720 bits per heavy atom. The zero-order valence-electron chi connectivity index (χ0n) is 15.4. The third-order valence-corrected chi connectivity index (χ3v) is 4.13. The highest BCUT2D eigenvalue weighted by Gasteiger charge is 2.23. The first-order valence-corrected chi connectivity index (χ1v) is 8.62. The molecule has 2 aromatic rings. The smallest absolute Gasteiger partial charge is 0.119 e. The van der Waals surface area contributed by atoms with Crippen LogP contribution in [0.1, 0.15) is 38.8 Å². The highest BCUT2D eigenvalue weighted by molar-refractivity contribution is 5.41. The van der Waals surface area contributed by atoms with Crippen LogP contribution < -0.4 is 9.47 Å². The molecule has 0 aliphatic heterocycles. The Hall–Kier alpha value is -2.04. The summed E-state index contributed by atoms with van der Waals surface area (Å²) in [4.78, 5) is 0. The Morgan fingerprint density at radius 3 is 1.32 bits per heavy atom. The predicted molar refractivity (Wildman–Crippen MR) is 99.4 cm³/mol. The van der Waals surface area contributed by atoms with Crippen LogP contribution in [-0.4, -0.2) is 35.6 Å². The third-order valence-electron chi connectivity index (χ3n) is 4.13. The lowest BCUT2D eigenvalue weighted by Crippen LogP contribution is -2.19. The quantitative estimate of drug-likeness (QED) is 0.769. The molecule has 0 radical (unpaired) electrons. The first kappa shape index (κ1) is 19.3. The highest BCUT2D eigenvalue weighted by Crippen LogP contribution is 2.33. The van der Waals surface area contributed by atoms with Gasteiger partial charge in [-0.3, -0.25) is 0 Å². The minimum absolute atomic E-state index is 0.161. The molecule has 0 aliphatic rings. The maximum Gasteiger partial charge on any atom is 0.119 e. The van der Waals surface area contributed by atoms with Crippen LogP contribution in [0.4, 0.5) is 0 Å². The van der Waals surface area contributed by atoms with E-state index in [-0.39, 0.29) is 18.6 Å². The van der Waals surface area contributed by atoms with Crippen molar-refractivity contribution in [2.45, 2.75) is 45.3 Å². The van der Waals surface area contributed by atoms with Gasteiger partial charge in [0.2, 0.25) is 0 Å². The summed E-state index contributed by atoms with van der Waals surface area (Å²) in [5.74, 6) is 1.50. The van der Waals surface area contributed by atoms with E-state index >= 15 is 0 Å². The second kappa shape index (κ2) is 8.37. The fourth-order valence-corrected chi connectivity index (χ4v) is 2.54. The van der Waals surface area contributed by atoms with Crippen molar-refractivity contribution < 1.29 is 19.7 Å². The summed E-state index contributed by atoms with van der Waals surface area (Å²) in [5, 5.41) is 18.6. The lowest BCUT2D eigenvalue weighted by Gasteiger charge is -2.26. The first-order chi connectivity index (χ1) is 11.8. The van der Waals surface area contributed by atoms with Crippen LogP contribution in [0.5, 0.6) is 11.5 Å². The van der Waals surface area contributed by atoms with Crippen molar-refractivity contribution in [2.24, 2.45) is 0 Å². The number of benzene rings is 2. The molecule has 4 nitrogen and oxygen atoms in total. The van der Waals surface area contributed by atoms with Gasteiger partial charge in [0.05, 0.1) is 12.2 Å². The summed E-state index contributed by atoms with van der Waals surface area (Å²) in [5.41, 5.74) is 2.19. The third kappa shape index (κ3) is 5.48. The molecule has 2 aromatic carbocycles. The van der Waals surface area contributed by atoms with Gasteiger partial charge < -0.3 is 19.7 Å². The molecule has 0 saturated carbocycles. The van der Waals surface area contributed by atoms with Gasteiger partial charge in [0, 0.05) is 5.41 Å². The number of hydrogen-bond acceptors (Lipinski definition) is 4. The van der Waals surface area contributed by atoms with Gasteiger partial charge in [-0.05, 0) is 49.2 Å². The van der Waals surface area contributed by atoms with Gasteiger partial charge in [-0.15, -0.1) is 0 Å². The molecule has 4 heteroatoms. The number of ether oxygens (including phenoxy) is 2. The second-order valence-corrected chi connectivity index (χ2v) is 6.99. The van der Waals surface area contributed by atoms with Crippen molar-refractivity contribution in [1.29, 1.82) is 0 Å². The molecular weight excluding hydrogens is 316 g/mol. The summed E-state index contributed by atoms with van der Waals surface area (Å²) in [6.45, 7) is 8.32. The average molecular weight is 344 g/mol. The summed E-state index contributed by atoms with van der Waals surface area (Å²) >= 11 is 0. The number of aliphatic hydroxyl groups excluding tert-OH is 2. The molecule has 0 heterocycles. The molecule has 0 spiro atoms. The first-order valence-electron chi connectivity index (χ1n) is 8.62. The molecule has 2 N–H and O–H groups in total. The van der Waals surface area contributed by atoms with Crippen LogP contribution in [0.25, 0.3) is 0 Å². The van der Waals surface area contributed by atoms with E-state index in [1.807, 2.05) is 24.3 Å². The van der Waals surface area contributed by atoms with Crippen molar-refractivity contribution >= 4 is 0 Å². The van der Waals surface area contributed by atoms with Gasteiger partial charge >= 0.3 is 0 Å². The van der Waals surface area contributed by atoms with Crippen LogP contribution in [0.3, 0.4) is 0 Å². The zero-order valence-corrected chi connectivity index (χ0v) is 15.4. The predicted octanol–water partition coefficient (Wildman–Crippen LogP) is 3.53. The summed E-state index contributed by atoms with van der Waals surface area (Å²) in [6.07, 6.45) is -0.962. The van der Waals surface area contributed by atoms with Crippen LogP contribution >= 0.6 is 0 Å². The van der Waals surface area contributed by atoms with E-state index in [2.05, 4.69) is 38.1 Å². The molecule has 0 aromatic heterocycles. The Balaban J connectivity index is 2.09. The fourth-order valence-electron chi connectivity index (χ4n) is 2.54. The molecule has 0 amide bonds. The normalized spacial score (nSPS) is 14.0. The largest absolute Gasteiger partial charge is 0.491 e. The molecular formula is C21H28O4. The Kier molecular flexibility index (Phi) is 6.45. The molecule has 2 atom stereocenters. The number of rotatable bonds is 8. The van der Waals surface area contributed by atoms with Crippen LogP contribution in [0.2, 0.25) is 0 Å². The van der Waals surface area contributed by atoms with E-state index in [0.717, 1.165) is 11.5 Å². The molecule has 136 valence electrons. The van der Waals surface area contributed by atoms with E-state index in [9.17, 15) is 10.2 Å². The maximum atomic E-state index is 9.29. The molecule has 0 unspecified atom stereocenters. The van der Waals surface area contributed by atoms with E-state index in [0.29, 0.717) is 0 Å². The molecule has 25 heavy (non-hydrogen) atoms. The zero-order chi connectivity index (χ0) is 18.4. The minimum atomic E-state index is -0.481. The summed E-state index contributed by atoms with van der Waals surface area (Å²) in [6, 6.07) is 15.9. The minimum Gasteiger partial charge on any atom is -0.491 e. The monoisotopic (exact) mass is 344 g/mol. The van der Waals surface area contributed by atoms with Crippen molar-refractivity contribution in [1.82, 2.24) is 0 Å². The van der Waals surface area contributed by atoms with Gasteiger partial charge in [-0.2, -0.15) is 0 Å². The van der Waals surface area contributed by atoms with Gasteiger partial charge in [0.1, 0.15) is 24.7 Å². The highest BCUT2D eigenvalue weighted by atomic mass is 16.5. The van der Waals surface area contributed by atoms with E-state index in [4.69, 9.17) is 9.47 Å². The van der Waals surface area contributed by atoms with Crippen LogP contribution in [0.15, 0.2) is 48.5 Å². The topological polar surface area (TPSA) is 58.9 Å². The van der Waals surface area contributed by atoms with Crippen LogP contribution in [0, 0.1) is 0 Å². The maximum absolute atomic E-state index is 9.29. The number of aliphatic hydroxyl groups is 2. The van der Waals surface area contributed by atoms with Crippen molar-refractivity contribution in [3.8, 4) is 11.5 Å². The Morgan fingerprint density at radius 2 is 1.04 bits per heavy atom. The summed E-state index contributed by atoms with van der Waals surface area (Å²) < 4.78 is 11.0. The molecule has 0 bridgehead atoms. The van der Waals surface area contributed by atoms with Gasteiger partial charge in [-0.1, -0.05) is 38.1 Å².